The first-order valence-electron chi connectivity index (χ1n) is 25.0. The van der Waals surface area contributed by atoms with Gasteiger partial charge in [0.25, 0.3) is 0 Å². The molecule has 8 heteroatoms. The summed E-state index contributed by atoms with van der Waals surface area (Å²) in [4.78, 5) is 37.1. The largest absolute Gasteiger partial charge is 0.477 e. The first-order chi connectivity index (χ1) is 31.1. The Hall–Kier alpha value is -4.01. The number of unbranched alkanes of at least 4 members (excludes halogenated alkanes) is 14. The Morgan fingerprint density at radius 1 is 0.500 bits per heavy atom. The number of carboxylic acids is 1. The van der Waals surface area contributed by atoms with Gasteiger partial charge in [-0.3, -0.25) is 9.59 Å². The van der Waals surface area contributed by atoms with Crippen LogP contribution in [0.4, 0.5) is 0 Å². The number of aliphatic carboxylic acids is 1. The van der Waals surface area contributed by atoms with E-state index in [1.165, 1.54) is 32.1 Å². The minimum atomic E-state index is -0.886. The van der Waals surface area contributed by atoms with Crippen LogP contribution in [-0.4, -0.2) is 80.6 Å². The third-order valence-electron chi connectivity index (χ3n) is 10.5. The summed E-state index contributed by atoms with van der Waals surface area (Å²) in [5, 5.41) is 9.65. The van der Waals surface area contributed by atoms with Gasteiger partial charge in [0.1, 0.15) is 6.61 Å². The molecule has 0 amide bonds. The molecule has 0 rings (SSSR count). The van der Waals surface area contributed by atoms with Crippen molar-refractivity contribution >= 4 is 17.9 Å². The lowest BCUT2D eigenvalue weighted by molar-refractivity contribution is -0.887. The fourth-order valence-electron chi connectivity index (χ4n) is 6.66. The summed E-state index contributed by atoms with van der Waals surface area (Å²) in [6.45, 7) is 4.53. The molecule has 0 spiro atoms. The van der Waals surface area contributed by atoms with Gasteiger partial charge < -0.3 is 23.8 Å². The van der Waals surface area contributed by atoms with E-state index >= 15 is 0 Å². The van der Waals surface area contributed by atoms with Crippen LogP contribution in [-0.2, 0) is 28.6 Å². The first kappa shape index (κ1) is 60.0. The highest BCUT2D eigenvalue weighted by Crippen LogP contribution is 2.13. The summed E-state index contributed by atoms with van der Waals surface area (Å²) >= 11 is 0. The van der Waals surface area contributed by atoms with Gasteiger partial charge in [0.05, 0.1) is 34.4 Å². The molecular formula is C56H92NO7+. The maximum absolute atomic E-state index is 12.8. The van der Waals surface area contributed by atoms with Gasteiger partial charge in [0.15, 0.2) is 12.1 Å². The van der Waals surface area contributed by atoms with Crippen molar-refractivity contribution in [1.29, 1.82) is 0 Å². The van der Waals surface area contributed by atoms with E-state index in [9.17, 15) is 19.5 Å². The average molecular weight is 891 g/mol. The topological polar surface area (TPSA) is 99.1 Å². The van der Waals surface area contributed by atoms with E-state index in [-0.39, 0.29) is 36.2 Å². The molecule has 0 saturated carbocycles. The molecule has 64 heavy (non-hydrogen) atoms. The molecular weight excluding hydrogens is 799 g/mol. The van der Waals surface area contributed by atoms with Crippen LogP contribution in [0.5, 0.6) is 0 Å². The number of carbonyl (C=O) groups is 3. The fraction of sp³-hybridized carbons (Fsp3) is 0.625. The predicted octanol–water partition coefficient (Wildman–Crippen LogP) is 14.4. The smallest absolute Gasteiger partial charge is 0.362 e. The average Bonchev–Trinajstić information content (AvgIpc) is 3.26. The predicted molar refractivity (Wildman–Crippen MR) is 270 cm³/mol. The van der Waals surface area contributed by atoms with Crippen molar-refractivity contribution in [2.45, 2.75) is 187 Å². The van der Waals surface area contributed by atoms with Crippen molar-refractivity contribution in [1.82, 2.24) is 0 Å². The number of quaternary nitrogens is 1. The Morgan fingerprint density at radius 2 is 0.938 bits per heavy atom. The van der Waals surface area contributed by atoms with Gasteiger partial charge in [-0.1, -0.05) is 181 Å². The molecule has 2 atom stereocenters. The maximum atomic E-state index is 12.8. The molecule has 0 fully saturated rings. The van der Waals surface area contributed by atoms with Crippen LogP contribution >= 0.6 is 0 Å². The second-order valence-electron chi connectivity index (χ2n) is 17.4. The summed E-state index contributed by atoms with van der Waals surface area (Å²) in [6.07, 6.45) is 62.7. The van der Waals surface area contributed by atoms with Gasteiger partial charge >= 0.3 is 17.9 Å². The molecule has 8 nitrogen and oxygen atoms in total. The summed E-state index contributed by atoms with van der Waals surface area (Å²) in [7, 11) is 5.51. The van der Waals surface area contributed by atoms with Crippen molar-refractivity contribution in [2.75, 3.05) is 41.0 Å². The zero-order valence-electron chi connectivity index (χ0n) is 41.2. The molecule has 1 N–H and O–H groups in total. The van der Waals surface area contributed by atoms with Crippen LogP contribution in [0.15, 0.2) is 109 Å². The monoisotopic (exact) mass is 891 g/mol. The molecule has 0 aromatic heterocycles. The SMILES string of the molecule is CC/C=C/C/C=C/C/C=C/C/C=C/C/C=C/CCCCCCCCC(=O)OC(COCCC(C(=O)O)[N+](C)(C)C)COC(=O)CCCCCCC/C=C/C=C/C=C/C=C/CCCCC. The number of likely N-dealkylation sites (N-methyl/N-ethyl adjacent to an activating group) is 1. The molecule has 0 aromatic rings. The van der Waals surface area contributed by atoms with Crippen LogP contribution in [0, 0.1) is 0 Å². The standard InChI is InChI=1S/C56H91NO7/c1-6-8-10-12-14-16-18-20-22-24-26-27-28-29-31-33-35-37-39-41-43-45-47-55(59)64-52(50-62-49-48-53(56(60)61)57(3,4)5)51-63-54(58)46-44-42-40-38-36-34-32-30-25-23-21-19-17-15-13-11-9-7-2/h8,10,14-17,19-23,25-27,29-32,52-53H,6-7,9,11-13,18,24,28,33-51H2,1-5H3/p+1/b10-8+,16-14+,17-15+,21-19+,22-20+,25-23+,27-26+,31-29+,32-30+. The molecule has 2 unspecified atom stereocenters. The van der Waals surface area contributed by atoms with E-state index < -0.39 is 18.1 Å². The van der Waals surface area contributed by atoms with Gasteiger partial charge in [-0.2, -0.15) is 0 Å². The fourth-order valence-corrected chi connectivity index (χ4v) is 6.66. The quantitative estimate of drug-likeness (QED) is 0.0214. The molecule has 362 valence electrons. The highest BCUT2D eigenvalue weighted by molar-refractivity contribution is 5.72. The van der Waals surface area contributed by atoms with Crippen molar-refractivity contribution < 1.29 is 38.2 Å². The lowest BCUT2D eigenvalue weighted by Gasteiger charge is -2.31. The minimum absolute atomic E-state index is 0.0395. The third-order valence-corrected chi connectivity index (χ3v) is 10.5. The van der Waals surface area contributed by atoms with Gasteiger partial charge in [0.2, 0.25) is 0 Å². The Kier molecular flexibility index (Phi) is 42.7. The van der Waals surface area contributed by atoms with Gasteiger partial charge in [-0.25, -0.2) is 4.79 Å². The van der Waals surface area contributed by atoms with Crippen molar-refractivity contribution in [2.24, 2.45) is 0 Å². The molecule has 0 aliphatic heterocycles. The van der Waals surface area contributed by atoms with Crippen LogP contribution in [0.3, 0.4) is 0 Å². The number of carbonyl (C=O) groups excluding carboxylic acids is 2. The normalized spacial score (nSPS) is 13.8. The number of hydrogen-bond acceptors (Lipinski definition) is 6. The van der Waals surface area contributed by atoms with Crippen LogP contribution in [0.25, 0.3) is 0 Å². The number of allylic oxidation sites excluding steroid dienone is 18. The van der Waals surface area contributed by atoms with E-state index in [0.29, 0.717) is 19.3 Å². The summed E-state index contributed by atoms with van der Waals surface area (Å²) < 4.78 is 17.3. The molecule has 0 heterocycles. The number of esters is 2. The van der Waals surface area contributed by atoms with Gasteiger partial charge in [-0.05, 0) is 83.5 Å². The van der Waals surface area contributed by atoms with Crippen molar-refractivity contribution in [3.63, 3.8) is 0 Å². The summed E-state index contributed by atoms with van der Waals surface area (Å²) in [5.41, 5.74) is 0. The number of ether oxygens (including phenoxy) is 3. The lowest BCUT2D eigenvalue weighted by atomic mass is 10.1. The van der Waals surface area contributed by atoms with Crippen LogP contribution < -0.4 is 0 Å². The minimum Gasteiger partial charge on any atom is -0.477 e. The molecule has 0 saturated heterocycles. The zero-order valence-corrected chi connectivity index (χ0v) is 41.2. The molecule has 0 aromatic carbocycles. The second-order valence-corrected chi connectivity index (χ2v) is 17.4. The highest BCUT2D eigenvalue weighted by atomic mass is 16.6. The van der Waals surface area contributed by atoms with Gasteiger partial charge in [0, 0.05) is 19.3 Å². The highest BCUT2D eigenvalue weighted by Gasteiger charge is 2.31. The molecule has 0 bridgehead atoms. The van der Waals surface area contributed by atoms with E-state index in [1.807, 2.05) is 21.1 Å². The second kappa shape index (κ2) is 45.6. The molecule has 0 aliphatic carbocycles. The van der Waals surface area contributed by atoms with Crippen LogP contribution in [0.1, 0.15) is 174 Å². The van der Waals surface area contributed by atoms with E-state index in [4.69, 9.17) is 14.2 Å². The Morgan fingerprint density at radius 3 is 1.44 bits per heavy atom. The van der Waals surface area contributed by atoms with Crippen molar-refractivity contribution in [3.8, 4) is 0 Å². The number of hydrogen-bond donors (Lipinski definition) is 1. The number of carboxylic acid groups (broad SMARTS) is 1. The number of rotatable bonds is 43. The summed E-state index contributed by atoms with van der Waals surface area (Å²) in [5.74, 6) is -1.53. The maximum Gasteiger partial charge on any atom is 0.362 e. The molecule has 0 aliphatic rings. The molecule has 0 radical (unpaired) electrons. The van der Waals surface area contributed by atoms with E-state index in [2.05, 4.69) is 123 Å². The summed E-state index contributed by atoms with van der Waals surface area (Å²) in [6, 6.07) is -0.629. The van der Waals surface area contributed by atoms with Gasteiger partial charge in [-0.15, -0.1) is 0 Å². The zero-order chi connectivity index (χ0) is 47.0. The number of nitrogens with zero attached hydrogens (tertiary/aromatic N) is 1. The Labute approximate surface area is 391 Å². The third kappa shape index (κ3) is 43.3. The lowest BCUT2D eigenvalue weighted by Crippen LogP contribution is -2.50. The van der Waals surface area contributed by atoms with Crippen LogP contribution in [0.2, 0.25) is 0 Å². The Balaban J connectivity index is 4.38. The Bertz CT molecular complexity index is 1410. The van der Waals surface area contributed by atoms with E-state index in [0.717, 1.165) is 109 Å². The first-order valence-corrected chi connectivity index (χ1v) is 25.0. The van der Waals surface area contributed by atoms with Crippen molar-refractivity contribution in [3.05, 3.63) is 109 Å². The van der Waals surface area contributed by atoms with E-state index in [1.54, 1.807) is 0 Å².